The van der Waals surface area contributed by atoms with Crippen LogP contribution in [0.15, 0.2) is 24.3 Å². The van der Waals surface area contributed by atoms with Crippen LogP contribution >= 0.6 is 0 Å². The third-order valence-electron chi connectivity index (χ3n) is 4.51. The molecule has 2 rings (SSSR count). The summed E-state index contributed by atoms with van der Waals surface area (Å²) in [6.07, 6.45) is -0.460. The zero-order chi connectivity index (χ0) is 20.7. The Balaban J connectivity index is 2.02. The lowest BCUT2D eigenvalue weighted by atomic mass is 9.92. The zero-order valence-electron chi connectivity index (χ0n) is 17.2. The number of benzene rings is 1. The fourth-order valence-corrected chi connectivity index (χ4v) is 3.16. The molecule has 1 aliphatic rings. The third-order valence-corrected chi connectivity index (χ3v) is 4.51. The van der Waals surface area contributed by atoms with Crippen LogP contribution in [0.25, 0.3) is 0 Å². The van der Waals surface area contributed by atoms with Crippen molar-refractivity contribution in [2.24, 2.45) is 5.41 Å². The van der Waals surface area contributed by atoms with E-state index in [9.17, 15) is 14.7 Å². The summed E-state index contributed by atoms with van der Waals surface area (Å²) in [5.41, 5.74) is 1.26. The second kappa shape index (κ2) is 10.0. The molecule has 1 aromatic carbocycles. The van der Waals surface area contributed by atoms with Gasteiger partial charge in [-0.25, -0.2) is 0 Å². The first-order chi connectivity index (χ1) is 13.2. The van der Waals surface area contributed by atoms with E-state index in [4.69, 9.17) is 9.47 Å². The Hall–Kier alpha value is -1.96. The normalized spacial score (nSPS) is 18.8. The summed E-state index contributed by atoms with van der Waals surface area (Å²) in [5.74, 6) is -0.199. The maximum atomic E-state index is 12.2. The Bertz CT molecular complexity index is 654. The molecule has 1 aromatic rings. The summed E-state index contributed by atoms with van der Waals surface area (Å²) < 4.78 is 10.7. The summed E-state index contributed by atoms with van der Waals surface area (Å²) in [4.78, 5) is 25.9. The number of hydrogen-bond acceptors (Lipinski definition) is 5. The molecule has 0 unspecified atom stereocenters. The summed E-state index contributed by atoms with van der Waals surface area (Å²) in [6, 6.07) is 6.57. The van der Waals surface area contributed by atoms with Gasteiger partial charge in [0.15, 0.2) is 0 Å². The number of aliphatic hydroxyl groups is 1. The van der Waals surface area contributed by atoms with E-state index in [1.165, 1.54) is 0 Å². The molecule has 7 nitrogen and oxygen atoms in total. The van der Waals surface area contributed by atoms with E-state index in [2.05, 4.69) is 5.32 Å². The molecule has 2 N–H and O–H groups in total. The number of anilines is 1. The first kappa shape index (κ1) is 22.3. The molecule has 2 amide bonds. The molecule has 0 spiro atoms. The number of nitrogens with one attached hydrogen (secondary N) is 1. The number of aliphatic hydroxyl groups excluding tert-OH is 1. The van der Waals surface area contributed by atoms with E-state index in [0.29, 0.717) is 37.4 Å². The molecular weight excluding hydrogens is 360 g/mol. The largest absolute Gasteiger partial charge is 0.386 e. The van der Waals surface area contributed by atoms with E-state index in [1.54, 1.807) is 29.2 Å². The monoisotopic (exact) mass is 392 g/mol. The molecule has 0 aromatic heterocycles. The number of ether oxygens (including phenoxy) is 2. The van der Waals surface area contributed by atoms with Crippen molar-refractivity contribution in [3.8, 4) is 0 Å². The van der Waals surface area contributed by atoms with Gasteiger partial charge in [-0.3, -0.25) is 9.59 Å². The van der Waals surface area contributed by atoms with Crippen molar-refractivity contribution < 1.29 is 24.2 Å². The minimum Gasteiger partial charge on any atom is -0.386 e. The molecule has 1 saturated heterocycles. The standard InChI is InChI=1S/C21H32N2O5/c1-5-27-11-10-23-17(13-28-14-19(23)25)20(26)15-6-8-16(9-7-15)22-18(24)12-21(2,3)4/h6-9,17,20,26H,5,10-14H2,1-4H3,(H,22,24)/t17-,20-/m1/s1. The minimum atomic E-state index is -0.884. The van der Waals surface area contributed by atoms with E-state index in [1.807, 2.05) is 27.7 Å². The predicted octanol–water partition coefficient (Wildman–Crippen LogP) is 2.36. The highest BCUT2D eigenvalue weighted by molar-refractivity contribution is 5.91. The van der Waals surface area contributed by atoms with Crippen LogP contribution in [0.3, 0.4) is 0 Å². The van der Waals surface area contributed by atoms with E-state index < -0.39 is 12.1 Å². The van der Waals surface area contributed by atoms with Crippen LogP contribution in [-0.4, -0.2) is 60.8 Å². The molecule has 1 fully saturated rings. The van der Waals surface area contributed by atoms with Gasteiger partial charge >= 0.3 is 0 Å². The molecule has 0 saturated carbocycles. The molecule has 7 heteroatoms. The highest BCUT2D eigenvalue weighted by atomic mass is 16.5. The van der Waals surface area contributed by atoms with Crippen molar-refractivity contribution in [1.29, 1.82) is 0 Å². The zero-order valence-corrected chi connectivity index (χ0v) is 17.2. The van der Waals surface area contributed by atoms with Crippen molar-refractivity contribution in [1.82, 2.24) is 4.90 Å². The fourth-order valence-electron chi connectivity index (χ4n) is 3.16. The van der Waals surface area contributed by atoms with Crippen LogP contribution < -0.4 is 5.32 Å². The van der Waals surface area contributed by atoms with Crippen LogP contribution in [0.2, 0.25) is 0 Å². The Kier molecular flexibility index (Phi) is 7.98. The topological polar surface area (TPSA) is 88.1 Å². The highest BCUT2D eigenvalue weighted by Crippen LogP contribution is 2.26. The minimum absolute atomic E-state index is 0.0219. The van der Waals surface area contributed by atoms with E-state index in [0.717, 1.165) is 0 Å². The lowest BCUT2D eigenvalue weighted by molar-refractivity contribution is -0.155. The second-order valence-corrected chi connectivity index (χ2v) is 8.22. The Morgan fingerprint density at radius 1 is 1.36 bits per heavy atom. The van der Waals surface area contributed by atoms with Crippen LogP contribution in [-0.2, 0) is 19.1 Å². The first-order valence-corrected chi connectivity index (χ1v) is 9.74. The molecule has 28 heavy (non-hydrogen) atoms. The van der Waals surface area contributed by atoms with Gasteiger partial charge in [-0.05, 0) is 30.0 Å². The van der Waals surface area contributed by atoms with Crippen molar-refractivity contribution in [2.75, 3.05) is 38.3 Å². The molecule has 1 aliphatic heterocycles. The molecule has 0 bridgehead atoms. The summed E-state index contributed by atoms with van der Waals surface area (Å²) in [5, 5.41) is 13.7. The van der Waals surface area contributed by atoms with E-state index >= 15 is 0 Å². The number of hydrogen-bond donors (Lipinski definition) is 2. The van der Waals surface area contributed by atoms with Gasteiger partial charge in [0.2, 0.25) is 11.8 Å². The molecule has 1 heterocycles. The lowest BCUT2D eigenvalue weighted by Gasteiger charge is -2.38. The SMILES string of the molecule is CCOCCN1C(=O)COC[C@@H]1[C@H](O)c1ccc(NC(=O)CC(C)(C)C)cc1. The van der Waals surface area contributed by atoms with Crippen molar-refractivity contribution in [3.63, 3.8) is 0 Å². The Morgan fingerprint density at radius 3 is 2.64 bits per heavy atom. The van der Waals surface area contributed by atoms with Crippen molar-refractivity contribution >= 4 is 17.5 Å². The van der Waals surface area contributed by atoms with Gasteiger partial charge in [-0.2, -0.15) is 0 Å². The maximum absolute atomic E-state index is 12.2. The summed E-state index contributed by atoms with van der Waals surface area (Å²) in [7, 11) is 0. The van der Waals surface area contributed by atoms with Crippen LogP contribution in [0.1, 0.15) is 45.8 Å². The van der Waals surface area contributed by atoms with Crippen LogP contribution in [0, 0.1) is 5.41 Å². The molecule has 2 atom stereocenters. The Labute approximate surface area is 167 Å². The molecule has 0 radical (unpaired) electrons. The maximum Gasteiger partial charge on any atom is 0.249 e. The van der Waals surface area contributed by atoms with Gasteiger partial charge in [0.1, 0.15) is 12.7 Å². The third kappa shape index (κ3) is 6.58. The average Bonchev–Trinajstić information content (AvgIpc) is 2.61. The van der Waals surface area contributed by atoms with Gasteiger partial charge in [0, 0.05) is 25.3 Å². The lowest BCUT2D eigenvalue weighted by Crippen LogP contribution is -2.53. The smallest absolute Gasteiger partial charge is 0.249 e. The average molecular weight is 392 g/mol. The van der Waals surface area contributed by atoms with Gasteiger partial charge in [-0.1, -0.05) is 32.9 Å². The summed E-state index contributed by atoms with van der Waals surface area (Å²) >= 11 is 0. The first-order valence-electron chi connectivity index (χ1n) is 9.74. The van der Waals surface area contributed by atoms with Crippen molar-refractivity contribution in [2.45, 2.75) is 46.3 Å². The highest BCUT2D eigenvalue weighted by Gasteiger charge is 2.34. The van der Waals surface area contributed by atoms with Crippen LogP contribution in [0.4, 0.5) is 5.69 Å². The molecular formula is C21H32N2O5. The fraction of sp³-hybridized carbons (Fsp3) is 0.619. The van der Waals surface area contributed by atoms with Crippen molar-refractivity contribution in [3.05, 3.63) is 29.8 Å². The van der Waals surface area contributed by atoms with Gasteiger partial charge < -0.3 is 24.8 Å². The predicted molar refractivity (Wildman–Crippen MR) is 107 cm³/mol. The van der Waals surface area contributed by atoms with Gasteiger partial charge in [-0.15, -0.1) is 0 Å². The Morgan fingerprint density at radius 2 is 2.04 bits per heavy atom. The van der Waals surface area contributed by atoms with Crippen LogP contribution in [0.5, 0.6) is 0 Å². The number of nitrogens with zero attached hydrogens (tertiary/aromatic N) is 1. The molecule has 0 aliphatic carbocycles. The quantitative estimate of drug-likeness (QED) is 0.663. The second-order valence-electron chi connectivity index (χ2n) is 8.22. The number of morpholine rings is 1. The number of amides is 2. The van der Waals surface area contributed by atoms with Gasteiger partial charge in [0.05, 0.1) is 19.3 Å². The summed E-state index contributed by atoms with van der Waals surface area (Å²) in [6.45, 7) is 9.63. The number of carbonyl (C=O) groups excluding carboxylic acids is 2. The molecule has 156 valence electrons. The number of carbonyl (C=O) groups is 2. The van der Waals surface area contributed by atoms with E-state index in [-0.39, 0.29) is 30.4 Å². The number of rotatable bonds is 8. The van der Waals surface area contributed by atoms with Gasteiger partial charge in [0.25, 0.3) is 0 Å².